The fourth-order valence-electron chi connectivity index (χ4n) is 3.65. The monoisotopic (exact) mass is 398 g/mol. The Hall–Kier alpha value is -3.54. The lowest BCUT2D eigenvalue weighted by atomic mass is 9.96. The van der Waals surface area contributed by atoms with Gasteiger partial charge in [0, 0.05) is 47.7 Å². The number of Topliss-reactive ketones (excluding diaryl/α,β-unsaturated/α-hetero) is 1. The third-order valence-corrected chi connectivity index (χ3v) is 5.63. The molecule has 1 aliphatic rings. The minimum Gasteiger partial charge on any atom is -0.474 e. The van der Waals surface area contributed by atoms with Crippen LogP contribution in [0.25, 0.3) is 22.0 Å². The van der Waals surface area contributed by atoms with Crippen LogP contribution in [-0.2, 0) is 13.5 Å². The number of nitrogens with zero attached hydrogens (tertiary/aromatic N) is 4. The zero-order valence-electron chi connectivity index (χ0n) is 16.8. The molecule has 1 saturated carbocycles. The van der Waals surface area contributed by atoms with Crippen molar-refractivity contribution in [2.45, 2.75) is 31.8 Å². The summed E-state index contributed by atoms with van der Waals surface area (Å²) < 4.78 is 7.81. The van der Waals surface area contributed by atoms with Gasteiger partial charge in [-0.3, -0.25) is 9.78 Å². The SMILES string of the molecule is Cn1cncc1-c1ccc2cnc(CC(=O)c3ccnc(OC4CCC4)c3)cc2c1. The summed E-state index contributed by atoms with van der Waals surface area (Å²) in [5.74, 6) is 0.531. The van der Waals surface area contributed by atoms with Gasteiger partial charge in [-0.15, -0.1) is 0 Å². The molecule has 0 N–H and O–H groups in total. The molecule has 0 aliphatic heterocycles. The molecule has 6 heteroatoms. The molecule has 0 saturated heterocycles. The number of imidazole rings is 1. The van der Waals surface area contributed by atoms with Crippen LogP contribution in [0.2, 0.25) is 0 Å². The first-order chi connectivity index (χ1) is 14.7. The number of carbonyl (C=O) groups excluding carboxylic acids is 1. The topological polar surface area (TPSA) is 69.9 Å². The van der Waals surface area contributed by atoms with Crippen LogP contribution in [-0.4, -0.2) is 31.4 Å². The summed E-state index contributed by atoms with van der Waals surface area (Å²) in [5, 5.41) is 2.09. The third kappa shape index (κ3) is 3.68. The fraction of sp³-hybridized carbons (Fsp3) is 0.250. The van der Waals surface area contributed by atoms with Crippen LogP contribution in [0.4, 0.5) is 0 Å². The average molecular weight is 398 g/mol. The molecule has 30 heavy (non-hydrogen) atoms. The Balaban J connectivity index is 1.37. The van der Waals surface area contributed by atoms with Gasteiger partial charge >= 0.3 is 0 Å². The molecule has 6 nitrogen and oxygen atoms in total. The number of pyridine rings is 2. The fourth-order valence-corrected chi connectivity index (χ4v) is 3.65. The van der Waals surface area contributed by atoms with Gasteiger partial charge in [0.25, 0.3) is 0 Å². The van der Waals surface area contributed by atoms with E-state index in [1.54, 1.807) is 24.7 Å². The van der Waals surface area contributed by atoms with Crippen molar-refractivity contribution in [2.24, 2.45) is 7.05 Å². The van der Waals surface area contributed by atoms with Crippen LogP contribution in [0.5, 0.6) is 5.88 Å². The molecule has 1 fully saturated rings. The molecular formula is C24H22N4O2. The summed E-state index contributed by atoms with van der Waals surface area (Å²) in [4.78, 5) is 25.8. The largest absolute Gasteiger partial charge is 0.474 e. The van der Waals surface area contributed by atoms with Gasteiger partial charge in [-0.05, 0) is 42.8 Å². The van der Waals surface area contributed by atoms with Gasteiger partial charge in [0.1, 0.15) is 6.10 Å². The van der Waals surface area contributed by atoms with E-state index in [4.69, 9.17) is 4.74 Å². The number of ether oxygens (including phenoxy) is 1. The minimum absolute atomic E-state index is 0.00509. The van der Waals surface area contributed by atoms with Crippen LogP contribution < -0.4 is 4.74 Å². The number of fused-ring (bicyclic) bond motifs is 1. The zero-order valence-corrected chi connectivity index (χ0v) is 16.8. The van der Waals surface area contributed by atoms with Gasteiger partial charge in [0.05, 0.1) is 24.6 Å². The lowest BCUT2D eigenvalue weighted by Crippen LogP contribution is -2.25. The molecule has 1 aliphatic carbocycles. The quantitative estimate of drug-likeness (QED) is 0.451. The first-order valence-electron chi connectivity index (χ1n) is 10.2. The number of rotatable bonds is 6. The van der Waals surface area contributed by atoms with Crippen molar-refractivity contribution in [1.29, 1.82) is 0 Å². The summed E-state index contributed by atoms with van der Waals surface area (Å²) in [6.07, 6.45) is 10.9. The number of benzene rings is 1. The van der Waals surface area contributed by atoms with Crippen molar-refractivity contribution in [3.8, 4) is 17.1 Å². The molecule has 150 valence electrons. The Morgan fingerprint density at radius 3 is 2.77 bits per heavy atom. The van der Waals surface area contributed by atoms with Crippen LogP contribution >= 0.6 is 0 Å². The molecule has 3 heterocycles. The van der Waals surface area contributed by atoms with E-state index >= 15 is 0 Å². The normalized spacial score (nSPS) is 13.9. The Morgan fingerprint density at radius 1 is 1.10 bits per heavy atom. The highest BCUT2D eigenvalue weighted by Gasteiger charge is 2.20. The summed E-state index contributed by atoms with van der Waals surface area (Å²) in [7, 11) is 1.97. The van der Waals surface area contributed by atoms with E-state index < -0.39 is 0 Å². The predicted molar refractivity (Wildman–Crippen MR) is 114 cm³/mol. The first kappa shape index (κ1) is 18.5. The molecule has 0 amide bonds. The van der Waals surface area contributed by atoms with Gasteiger partial charge in [0.2, 0.25) is 5.88 Å². The Kier molecular flexibility index (Phi) is 4.75. The van der Waals surface area contributed by atoms with E-state index in [0.29, 0.717) is 11.4 Å². The van der Waals surface area contributed by atoms with Crippen molar-refractivity contribution < 1.29 is 9.53 Å². The highest BCUT2D eigenvalue weighted by molar-refractivity contribution is 5.98. The van der Waals surface area contributed by atoms with Crippen molar-refractivity contribution in [1.82, 2.24) is 19.5 Å². The second-order valence-corrected chi connectivity index (χ2v) is 7.78. The Labute approximate surface area is 174 Å². The maximum Gasteiger partial charge on any atom is 0.214 e. The standard InChI is InChI=1S/C24H22N4O2/c1-28-15-25-14-22(28)16-5-6-18-13-27-20(10-19(18)9-16)12-23(29)17-7-8-26-24(11-17)30-21-3-2-4-21/h5-11,13-15,21H,2-4,12H2,1H3. The highest BCUT2D eigenvalue weighted by Crippen LogP contribution is 2.26. The van der Waals surface area contributed by atoms with E-state index in [9.17, 15) is 4.79 Å². The van der Waals surface area contributed by atoms with Crippen molar-refractivity contribution >= 4 is 16.6 Å². The maximum atomic E-state index is 12.8. The summed E-state index contributed by atoms with van der Waals surface area (Å²) >= 11 is 0. The van der Waals surface area contributed by atoms with Crippen LogP contribution in [0.15, 0.2) is 61.3 Å². The smallest absolute Gasteiger partial charge is 0.214 e. The number of hydrogen-bond acceptors (Lipinski definition) is 5. The summed E-state index contributed by atoms with van der Waals surface area (Å²) in [6.45, 7) is 0. The second kappa shape index (κ2) is 7.71. The Morgan fingerprint density at radius 2 is 2.00 bits per heavy atom. The first-order valence-corrected chi connectivity index (χ1v) is 10.2. The van der Waals surface area contributed by atoms with E-state index in [2.05, 4.69) is 27.1 Å². The summed E-state index contributed by atoms with van der Waals surface area (Å²) in [5.41, 5.74) is 3.47. The molecule has 0 unspecified atom stereocenters. The lowest BCUT2D eigenvalue weighted by molar-refractivity contribution is 0.0986. The van der Waals surface area contributed by atoms with Gasteiger partial charge in [-0.1, -0.05) is 12.1 Å². The number of ketones is 1. The van der Waals surface area contributed by atoms with E-state index in [0.717, 1.165) is 40.6 Å². The van der Waals surface area contributed by atoms with Crippen molar-refractivity contribution in [2.75, 3.05) is 0 Å². The number of carbonyl (C=O) groups is 1. The van der Waals surface area contributed by atoms with E-state index in [1.807, 2.05) is 36.1 Å². The van der Waals surface area contributed by atoms with Crippen molar-refractivity contribution in [3.63, 3.8) is 0 Å². The van der Waals surface area contributed by atoms with Gasteiger partial charge < -0.3 is 9.30 Å². The van der Waals surface area contributed by atoms with Gasteiger partial charge in [-0.25, -0.2) is 9.97 Å². The van der Waals surface area contributed by atoms with E-state index in [1.165, 1.54) is 6.42 Å². The molecule has 0 radical (unpaired) electrons. The third-order valence-electron chi connectivity index (χ3n) is 5.63. The van der Waals surface area contributed by atoms with E-state index in [-0.39, 0.29) is 18.3 Å². The summed E-state index contributed by atoms with van der Waals surface area (Å²) in [6, 6.07) is 11.7. The number of hydrogen-bond donors (Lipinski definition) is 0. The average Bonchev–Trinajstić information content (AvgIpc) is 3.16. The van der Waals surface area contributed by atoms with Gasteiger partial charge in [0.15, 0.2) is 5.78 Å². The van der Waals surface area contributed by atoms with Crippen molar-refractivity contribution in [3.05, 3.63) is 72.6 Å². The molecular weight excluding hydrogens is 376 g/mol. The maximum absolute atomic E-state index is 12.8. The molecule has 3 aromatic heterocycles. The predicted octanol–water partition coefficient (Wildman–Crippen LogP) is 4.39. The van der Waals surface area contributed by atoms with Crippen LogP contribution in [0.3, 0.4) is 0 Å². The molecule has 5 rings (SSSR count). The lowest BCUT2D eigenvalue weighted by Gasteiger charge is -2.25. The zero-order chi connectivity index (χ0) is 20.5. The van der Waals surface area contributed by atoms with Gasteiger partial charge in [-0.2, -0.15) is 0 Å². The molecule has 0 bridgehead atoms. The van der Waals surface area contributed by atoms with Crippen LogP contribution in [0, 0.1) is 0 Å². The van der Waals surface area contributed by atoms with Crippen LogP contribution in [0.1, 0.15) is 35.3 Å². The highest BCUT2D eigenvalue weighted by atomic mass is 16.5. The second-order valence-electron chi connectivity index (χ2n) is 7.78. The minimum atomic E-state index is 0.00509. The number of aromatic nitrogens is 4. The molecule has 1 aromatic carbocycles. The Bertz CT molecular complexity index is 1230. The molecule has 0 atom stereocenters. The number of aryl methyl sites for hydroxylation is 1. The molecule has 0 spiro atoms. The molecule has 4 aromatic rings.